The molecule has 3 heterocycles. The van der Waals surface area contributed by atoms with Gasteiger partial charge in [0.25, 0.3) is 5.91 Å². The second-order valence-corrected chi connectivity index (χ2v) is 10.8. The number of rotatable bonds is 7. The van der Waals surface area contributed by atoms with Gasteiger partial charge in [0.1, 0.15) is 11.1 Å². The first-order valence-electron chi connectivity index (χ1n) is 13.6. The molecule has 214 valence electrons. The number of halogens is 1. The van der Waals surface area contributed by atoms with Crippen molar-refractivity contribution < 1.29 is 14.3 Å². The van der Waals surface area contributed by atoms with Crippen molar-refractivity contribution >= 4 is 29.1 Å². The molecule has 0 spiro atoms. The number of benzene rings is 3. The van der Waals surface area contributed by atoms with Gasteiger partial charge in [0.05, 0.1) is 30.6 Å². The predicted octanol–water partition coefficient (Wildman–Crippen LogP) is 3.75. The minimum Gasteiger partial charge on any atom is -0.497 e. The third kappa shape index (κ3) is 4.77. The summed E-state index contributed by atoms with van der Waals surface area (Å²) in [6.45, 7) is 3.19. The lowest BCUT2D eigenvalue weighted by atomic mass is 9.95. The molecule has 3 unspecified atom stereocenters. The fraction of sp³-hybridized carbons (Fsp3) is 0.258. The number of hydrogen-bond acceptors (Lipinski definition) is 6. The maximum absolute atomic E-state index is 13.6. The van der Waals surface area contributed by atoms with Gasteiger partial charge in [0.2, 0.25) is 5.91 Å². The number of hydrazone groups is 1. The normalized spacial score (nSPS) is 20.0. The molecule has 4 aromatic rings. The Balaban J connectivity index is 1.24. The maximum atomic E-state index is 13.6. The average molecular weight is 585 g/mol. The van der Waals surface area contributed by atoms with E-state index in [0.29, 0.717) is 24.4 Å². The molecular weight excluding hydrogens is 556 g/mol. The highest BCUT2D eigenvalue weighted by molar-refractivity contribution is 6.36. The molecular formula is C31H29ClN6O4. The highest BCUT2D eigenvalue weighted by Crippen LogP contribution is 2.33. The summed E-state index contributed by atoms with van der Waals surface area (Å²) in [5, 5.41) is 11.2. The van der Waals surface area contributed by atoms with E-state index < -0.39 is 17.1 Å². The Hall–Kier alpha value is -4.70. The molecule has 2 aliphatic heterocycles. The number of aromatic nitrogens is 3. The van der Waals surface area contributed by atoms with Crippen molar-refractivity contribution in [1.29, 1.82) is 0 Å². The van der Waals surface area contributed by atoms with E-state index in [1.807, 2.05) is 66.7 Å². The summed E-state index contributed by atoms with van der Waals surface area (Å²) in [5.74, 6) is 0.614. The van der Waals surface area contributed by atoms with Gasteiger partial charge in [0.15, 0.2) is 5.82 Å². The lowest BCUT2D eigenvalue weighted by molar-refractivity contribution is -0.130. The van der Waals surface area contributed by atoms with Crippen molar-refractivity contribution in [2.24, 2.45) is 5.10 Å². The van der Waals surface area contributed by atoms with E-state index in [4.69, 9.17) is 16.3 Å². The predicted molar refractivity (Wildman–Crippen MR) is 159 cm³/mol. The number of carbonyl (C=O) groups excluding carboxylic acids is 2. The van der Waals surface area contributed by atoms with Crippen molar-refractivity contribution in [1.82, 2.24) is 19.5 Å². The molecule has 2 aliphatic rings. The first-order valence-corrected chi connectivity index (χ1v) is 14.0. The molecule has 0 N–H and O–H groups in total. The number of methoxy groups -OCH3 is 1. The van der Waals surface area contributed by atoms with E-state index in [0.717, 1.165) is 28.2 Å². The quantitative estimate of drug-likeness (QED) is 0.243. The van der Waals surface area contributed by atoms with Gasteiger partial charge in [-0.25, -0.2) is 14.8 Å². The minimum absolute atomic E-state index is 0.131. The van der Waals surface area contributed by atoms with E-state index in [9.17, 15) is 14.4 Å². The molecule has 2 amide bonds. The number of aryl methyl sites for hydroxylation is 1. The summed E-state index contributed by atoms with van der Waals surface area (Å²) in [5.41, 5.74) is 3.66. The number of alkyl halides is 1. The number of carbonyl (C=O) groups is 2. The molecule has 10 nitrogen and oxygen atoms in total. The van der Waals surface area contributed by atoms with E-state index >= 15 is 0 Å². The summed E-state index contributed by atoms with van der Waals surface area (Å²) < 4.78 is 7.78. The Kier molecular flexibility index (Phi) is 7.16. The molecule has 0 bridgehead atoms. The summed E-state index contributed by atoms with van der Waals surface area (Å²) in [4.78, 5) is 38.7. The molecule has 0 aliphatic carbocycles. The summed E-state index contributed by atoms with van der Waals surface area (Å²) in [7, 11) is 1.60. The zero-order valence-electron chi connectivity index (χ0n) is 23.3. The number of β-lactam (4-membered cyclic amide) rings is 1. The van der Waals surface area contributed by atoms with Crippen molar-refractivity contribution in [3.05, 3.63) is 112 Å². The highest BCUT2D eigenvalue weighted by atomic mass is 35.5. The summed E-state index contributed by atoms with van der Waals surface area (Å²) in [6.07, 6.45) is 1.04. The van der Waals surface area contributed by atoms with Gasteiger partial charge in [-0.2, -0.15) is 14.5 Å². The minimum atomic E-state index is -0.748. The van der Waals surface area contributed by atoms with Crippen LogP contribution < -0.4 is 15.4 Å². The monoisotopic (exact) mass is 584 g/mol. The third-order valence-electron chi connectivity index (χ3n) is 7.71. The average Bonchev–Trinajstić information content (AvgIpc) is 3.59. The summed E-state index contributed by atoms with van der Waals surface area (Å²) in [6, 6.07) is 24.0. The van der Waals surface area contributed by atoms with Gasteiger partial charge >= 0.3 is 5.69 Å². The standard InChI is InChI=1S/C31H29ClN6O4/c1-19-33-36(31(41)37(19)38-28(29(32)30(38)40)17-21-9-15-25(42-3)16-10-21)24-13-11-22(12-14-24)26-18-27(35(34-26)20(2)39)23-7-5-4-6-8-23/h4-16,27-29H,17-18H2,1-3H3. The smallest absolute Gasteiger partial charge is 0.370 e. The van der Waals surface area contributed by atoms with Crippen molar-refractivity contribution in [2.75, 3.05) is 12.1 Å². The Morgan fingerprint density at radius 2 is 1.69 bits per heavy atom. The molecule has 0 saturated carbocycles. The van der Waals surface area contributed by atoms with Crippen LogP contribution in [0, 0.1) is 6.92 Å². The SMILES string of the molecule is COc1ccc(CC2C(Cl)C(=O)N2n2c(C)nn(-c3ccc(C4=NN(C(C)=O)C(c5ccccc5)C4)cc3)c2=O)cc1. The van der Waals surface area contributed by atoms with Gasteiger partial charge in [-0.15, -0.1) is 16.7 Å². The van der Waals surface area contributed by atoms with Crippen LogP contribution in [0.25, 0.3) is 5.69 Å². The van der Waals surface area contributed by atoms with Crippen LogP contribution in [-0.4, -0.2) is 55.5 Å². The van der Waals surface area contributed by atoms with Crippen molar-refractivity contribution in [3.63, 3.8) is 0 Å². The van der Waals surface area contributed by atoms with Gasteiger partial charge in [-0.3, -0.25) is 9.59 Å². The molecule has 6 rings (SSSR count). The number of hydrogen-bond donors (Lipinski definition) is 0. The second-order valence-electron chi connectivity index (χ2n) is 10.3. The molecule has 1 saturated heterocycles. The molecule has 3 atom stereocenters. The van der Waals surface area contributed by atoms with Crippen LogP contribution in [0.5, 0.6) is 5.75 Å². The van der Waals surface area contributed by atoms with Crippen LogP contribution in [0.4, 0.5) is 0 Å². The van der Waals surface area contributed by atoms with Crippen LogP contribution in [0.2, 0.25) is 0 Å². The molecule has 3 aromatic carbocycles. The van der Waals surface area contributed by atoms with Crippen LogP contribution in [0.3, 0.4) is 0 Å². The van der Waals surface area contributed by atoms with Gasteiger partial charge in [-0.1, -0.05) is 54.6 Å². The van der Waals surface area contributed by atoms with Crippen LogP contribution >= 0.6 is 11.6 Å². The zero-order chi connectivity index (χ0) is 29.5. The van der Waals surface area contributed by atoms with Gasteiger partial charge in [-0.05, 0) is 54.3 Å². The summed E-state index contributed by atoms with van der Waals surface area (Å²) >= 11 is 6.41. The van der Waals surface area contributed by atoms with E-state index in [1.54, 1.807) is 26.2 Å². The molecule has 11 heteroatoms. The fourth-order valence-electron chi connectivity index (χ4n) is 5.52. The van der Waals surface area contributed by atoms with Gasteiger partial charge in [0, 0.05) is 13.3 Å². The third-order valence-corrected chi connectivity index (χ3v) is 8.19. The Morgan fingerprint density at radius 3 is 2.33 bits per heavy atom. The van der Waals surface area contributed by atoms with Crippen molar-refractivity contribution in [2.45, 2.75) is 44.1 Å². The fourth-order valence-corrected chi connectivity index (χ4v) is 5.81. The molecule has 1 aromatic heterocycles. The zero-order valence-corrected chi connectivity index (χ0v) is 24.1. The van der Waals surface area contributed by atoms with Crippen LogP contribution in [0.15, 0.2) is 88.8 Å². The van der Waals surface area contributed by atoms with Crippen LogP contribution in [0.1, 0.15) is 41.9 Å². The van der Waals surface area contributed by atoms with E-state index in [2.05, 4.69) is 10.2 Å². The molecule has 0 radical (unpaired) electrons. The Bertz CT molecular complexity index is 1730. The second kappa shape index (κ2) is 10.9. The van der Waals surface area contributed by atoms with Crippen LogP contribution in [-0.2, 0) is 16.0 Å². The Labute approximate surface area is 247 Å². The van der Waals surface area contributed by atoms with Gasteiger partial charge < -0.3 is 4.74 Å². The number of nitrogens with zero attached hydrogens (tertiary/aromatic N) is 6. The van der Waals surface area contributed by atoms with E-state index in [-0.39, 0.29) is 17.9 Å². The lowest BCUT2D eigenvalue weighted by Gasteiger charge is -2.43. The lowest BCUT2D eigenvalue weighted by Crippen LogP contribution is -2.70. The topological polar surface area (TPSA) is 102 Å². The largest absolute Gasteiger partial charge is 0.497 e. The first-order chi connectivity index (χ1) is 20.3. The number of amides is 2. The maximum Gasteiger partial charge on any atom is 0.370 e. The Morgan fingerprint density at radius 1 is 1.00 bits per heavy atom. The molecule has 42 heavy (non-hydrogen) atoms. The van der Waals surface area contributed by atoms with E-state index in [1.165, 1.54) is 26.3 Å². The molecule has 1 fully saturated rings. The number of ether oxygens (including phenoxy) is 1. The highest BCUT2D eigenvalue weighted by Gasteiger charge is 2.49. The first kappa shape index (κ1) is 27.5. The van der Waals surface area contributed by atoms with Crippen molar-refractivity contribution in [3.8, 4) is 11.4 Å².